The predicted octanol–water partition coefficient (Wildman–Crippen LogP) is 4.35. The molecule has 0 aliphatic heterocycles. The molecule has 0 saturated heterocycles. The van der Waals surface area contributed by atoms with Gasteiger partial charge in [-0.05, 0) is 32.0 Å². The Morgan fingerprint density at radius 3 is 2.58 bits per heavy atom. The quantitative estimate of drug-likeness (QED) is 0.680. The molecule has 3 aromatic rings. The fourth-order valence-corrected chi connectivity index (χ4v) is 3.50. The summed E-state index contributed by atoms with van der Waals surface area (Å²) in [7, 11) is 0. The zero-order valence-corrected chi connectivity index (χ0v) is 16.0. The summed E-state index contributed by atoms with van der Waals surface area (Å²) < 4.78 is 0. The number of halogens is 1. The number of carbonyl (C=O) groups is 1. The monoisotopic (exact) mass is 387 g/mol. The third-order valence-corrected chi connectivity index (χ3v) is 5.05. The normalized spacial score (nSPS) is 10.6. The van der Waals surface area contributed by atoms with Crippen molar-refractivity contribution < 1.29 is 4.79 Å². The highest BCUT2D eigenvalue weighted by Gasteiger charge is 2.13. The van der Waals surface area contributed by atoms with E-state index in [1.807, 2.05) is 24.3 Å². The number of amides is 1. The van der Waals surface area contributed by atoms with Crippen LogP contribution in [0.4, 0.5) is 10.9 Å². The van der Waals surface area contributed by atoms with Crippen LogP contribution in [0.2, 0.25) is 5.02 Å². The molecule has 1 aromatic carbocycles. The summed E-state index contributed by atoms with van der Waals surface area (Å²) in [5.74, 6) is 0.578. The SMILES string of the molecule is CCN(CC)c1ccc(C(=O)Nc2nnc(-c3ccccc3Cl)s2)cn1. The summed E-state index contributed by atoms with van der Waals surface area (Å²) in [6.07, 6.45) is 1.57. The van der Waals surface area contributed by atoms with Crippen molar-refractivity contribution in [1.29, 1.82) is 0 Å². The molecular weight excluding hydrogens is 370 g/mol. The van der Waals surface area contributed by atoms with E-state index < -0.39 is 0 Å². The van der Waals surface area contributed by atoms with Crippen LogP contribution < -0.4 is 10.2 Å². The second-order valence-electron chi connectivity index (χ2n) is 5.42. The van der Waals surface area contributed by atoms with Crippen LogP contribution in [0.5, 0.6) is 0 Å². The number of nitrogens with zero attached hydrogens (tertiary/aromatic N) is 4. The molecule has 2 heterocycles. The lowest BCUT2D eigenvalue weighted by atomic mass is 10.2. The van der Waals surface area contributed by atoms with Crippen molar-refractivity contribution in [2.75, 3.05) is 23.3 Å². The summed E-state index contributed by atoms with van der Waals surface area (Å²) in [5, 5.41) is 12.5. The Hall–Kier alpha value is -2.51. The van der Waals surface area contributed by atoms with Crippen LogP contribution in [0, 0.1) is 0 Å². The minimum absolute atomic E-state index is 0.273. The number of carbonyl (C=O) groups excluding carboxylic acids is 1. The van der Waals surface area contributed by atoms with Gasteiger partial charge in [-0.2, -0.15) is 0 Å². The first-order valence-corrected chi connectivity index (χ1v) is 9.42. The van der Waals surface area contributed by atoms with Crippen LogP contribution in [0.15, 0.2) is 42.6 Å². The van der Waals surface area contributed by atoms with E-state index in [2.05, 4.69) is 39.2 Å². The van der Waals surface area contributed by atoms with Crippen molar-refractivity contribution in [3.8, 4) is 10.6 Å². The van der Waals surface area contributed by atoms with Gasteiger partial charge in [0.1, 0.15) is 5.82 Å². The maximum absolute atomic E-state index is 12.4. The molecule has 0 aliphatic carbocycles. The van der Waals surface area contributed by atoms with E-state index in [9.17, 15) is 4.79 Å². The number of hydrogen-bond donors (Lipinski definition) is 1. The van der Waals surface area contributed by atoms with Crippen LogP contribution in [0.25, 0.3) is 10.6 Å². The Morgan fingerprint density at radius 2 is 1.92 bits per heavy atom. The zero-order chi connectivity index (χ0) is 18.5. The van der Waals surface area contributed by atoms with Crippen molar-refractivity contribution in [3.05, 3.63) is 53.2 Å². The van der Waals surface area contributed by atoms with E-state index in [4.69, 9.17) is 11.6 Å². The average molecular weight is 388 g/mol. The molecule has 26 heavy (non-hydrogen) atoms. The molecule has 1 amide bonds. The Kier molecular flexibility index (Phi) is 5.80. The highest BCUT2D eigenvalue weighted by molar-refractivity contribution is 7.18. The van der Waals surface area contributed by atoms with Gasteiger partial charge >= 0.3 is 0 Å². The molecule has 0 atom stereocenters. The second-order valence-corrected chi connectivity index (χ2v) is 6.81. The van der Waals surface area contributed by atoms with Crippen molar-refractivity contribution in [1.82, 2.24) is 15.2 Å². The summed E-state index contributed by atoms with van der Waals surface area (Å²) in [5.41, 5.74) is 1.26. The molecule has 1 N–H and O–H groups in total. The molecule has 0 spiro atoms. The topological polar surface area (TPSA) is 71.0 Å². The van der Waals surface area contributed by atoms with Crippen LogP contribution in [-0.2, 0) is 0 Å². The van der Waals surface area contributed by atoms with Crippen LogP contribution in [0.1, 0.15) is 24.2 Å². The number of benzene rings is 1. The third-order valence-electron chi connectivity index (χ3n) is 3.85. The average Bonchev–Trinajstić information content (AvgIpc) is 3.12. The molecule has 0 unspecified atom stereocenters. The van der Waals surface area contributed by atoms with Gasteiger partial charge in [0.15, 0.2) is 5.01 Å². The highest BCUT2D eigenvalue weighted by atomic mass is 35.5. The predicted molar refractivity (Wildman–Crippen MR) is 106 cm³/mol. The lowest BCUT2D eigenvalue weighted by molar-refractivity contribution is 0.102. The van der Waals surface area contributed by atoms with Gasteiger partial charge in [-0.1, -0.05) is 41.1 Å². The number of anilines is 2. The molecule has 0 aliphatic rings. The Morgan fingerprint density at radius 1 is 1.15 bits per heavy atom. The fraction of sp³-hybridized carbons (Fsp3) is 0.222. The second kappa shape index (κ2) is 8.25. The zero-order valence-electron chi connectivity index (χ0n) is 14.4. The smallest absolute Gasteiger partial charge is 0.259 e. The molecule has 134 valence electrons. The van der Waals surface area contributed by atoms with E-state index in [-0.39, 0.29) is 5.91 Å². The van der Waals surface area contributed by atoms with E-state index in [1.54, 1.807) is 18.3 Å². The molecule has 6 nitrogen and oxygen atoms in total. The molecule has 0 bridgehead atoms. The number of pyridine rings is 1. The van der Waals surface area contributed by atoms with E-state index in [0.717, 1.165) is 24.5 Å². The van der Waals surface area contributed by atoms with Crippen molar-refractivity contribution in [2.45, 2.75) is 13.8 Å². The minimum Gasteiger partial charge on any atom is -0.357 e. The molecule has 2 aromatic heterocycles. The van der Waals surface area contributed by atoms with Gasteiger partial charge in [0.05, 0.1) is 10.6 Å². The largest absolute Gasteiger partial charge is 0.357 e. The van der Waals surface area contributed by atoms with Crippen molar-refractivity contribution in [2.24, 2.45) is 0 Å². The van der Waals surface area contributed by atoms with Gasteiger partial charge in [-0.25, -0.2) is 4.98 Å². The standard InChI is InChI=1S/C18H18ClN5OS/c1-3-24(4-2)15-10-9-12(11-20-15)16(25)21-18-23-22-17(26-18)13-7-5-6-8-14(13)19/h5-11H,3-4H2,1-2H3,(H,21,23,25). The Balaban J connectivity index is 1.72. The van der Waals surface area contributed by atoms with Gasteiger partial charge in [0.2, 0.25) is 5.13 Å². The van der Waals surface area contributed by atoms with Gasteiger partial charge in [-0.3, -0.25) is 10.1 Å². The lowest BCUT2D eigenvalue weighted by Gasteiger charge is -2.19. The first-order valence-electron chi connectivity index (χ1n) is 8.23. The van der Waals surface area contributed by atoms with Crippen molar-refractivity contribution >= 4 is 39.8 Å². The van der Waals surface area contributed by atoms with Gasteiger partial charge < -0.3 is 4.90 Å². The maximum atomic E-state index is 12.4. The van der Waals surface area contributed by atoms with E-state index >= 15 is 0 Å². The first kappa shape index (κ1) is 18.3. The molecular formula is C18H18ClN5OS. The van der Waals surface area contributed by atoms with Crippen molar-refractivity contribution in [3.63, 3.8) is 0 Å². The van der Waals surface area contributed by atoms with Crippen LogP contribution >= 0.6 is 22.9 Å². The summed E-state index contributed by atoms with van der Waals surface area (Å²) >= 11 is 7.44. The molecule has 0 radical (unpaired) electrons. The van der Waals surface area contributed by atoms with Gasteiger partial charge in [0, 0.05) is 24.8 Å². The highest BCUT2D eigenvalue weighted by Crippen LogP contribution is 2.31. The third kappa shape index (κ3) is 4.00. The number of nitrogens with one attached hydrogen (secondary N) is 1. The van der Waals surface area contributed by atoms with Crippen LogP contribution in [0.3, 0.4) is 0 Å². The molecule has 8 heteroatoms. The number of rotatable bonds is 6. The first-order chi connectivity index (χ1) is 12.6. The minimum atomic E-state index is -0.273. The van der Waals surface area contributed by atoms with E-state index in [0.29, 0.717) is 20.7 Å². The summed E-state index contributed by atoms with van der Waals surface area (Å²) in [4.78, 5) is 18.9. The number of aromatic nitrogens is 3. The van der Waals surface area contributed by atoms with Gasteiger partial charge in [-0.15, -0.1) is 10.2 Å². The summed E-state index contributed by atoms with van der Waals surface area (Å²) in [6, 6.07) is 11.0. The number of hydrogen-bond acceptors (Lipinski definition) is 6. The molecule has 0 fully saturated rings. The Bertz CT molecular complexity index is 893. The lowest BCUT2D eigenvalue weighted by Crippen LogP contribution is -2.23. The summed E-state index contributed by atoms with van der Waals surface area (Å²) in [6.45, 7) is 5.87. The maximum Gasteiger partial charge on any atom is 0.259 e. The molecule has 3 rings (SSSR count). The fourth-order valence-electron chi connectivity index (χ4n) is 2.44. The van der Waals surface area contributed by atoms with Gasteiger partial charge in [0.25, 0.3) is 5.91 Å². The van der Waals surface area contributed by atoms with E-state index in [1.165, 1.54) is 11.3 Å². The molecule has 0 saturated carbocycles. The Labute approximate surface area is 160 Å². The van der Waals surface area contributed by atoms with Crippen LogP contribution in [-0.4, -0.2) is 34.2 Å².